The van der Waals surface area contributed by atoms with Crippen LogP contribution in [0.3, 0.4) is 0 Å². The van der Waals surface area contributed by atoms with Crippen LogP contribution in [0.2, 0.25) is 0 Å². The van der Waals surface area contributed by atoms with E-state index in [0.29, 0.717) is 19.0 Å². The molecule has 6 heteroatoms. The van der Waals surface area contributed by atoms with Crippen LogP contribution < -0.4 is 11.1 Å². The van der Waals surface area contributed by atoms with E-state index in [2.05, 4.69) is 12.2 Å². The summed E-state index contributed by atoms with van der Waals surface area (Å²) in [6.07, 6.45) is 6.18. The maximum absolute atomic E-state index is 12.6. The number of piperidine rings is 1. The molecule has 3 rings (SSSR count). The zero-order valence-corrected chi connectivity index (χ0v) is 14.2. The SMILES string of the molecule is CC(CN)(NC(=O)C1CCCN(C(=O)C2CC2)C1)C1CC1.Cl. The summed E-state index contributed by atoms with van der Waals surface area (Å²) in [5, 5.41) is 3.18. The van der Waals surface area contributed by atoms with Crippen LogP contribution in [0, 0.1) is 17.8 Å². The van der Waals surface area contributed by atoms with Gasteiger partial charge in [0.05, 0.1) is 11.5 Å². The van der Waals surface area contributed by atoms with Gasteiger partial charge in [0.1, 0.15) is 0 Å². The van der Waals surface area contributed by atoms with Crippen molar-refractivity contribution in [1.82, 2.24) is 10.2 Å². The summed E-state index contributed by atoms with van der Waals surface area (Å²) >= 11 is 0. The first-order valence-electron chi connectivity index (χ1n) is 8.34. The molecule has 2 unspecified atom stereocenters. The van der Waals surface area contributed by atoms with Crippen LogP contribution in [0.25, 0.3) is 0 Å². The van der Waals surface area contributed by atoms with E-state index in [0.717, 1.165) is 45.1 Å². The van der Waals surface area contributed by atoms with E-state index in [1.54, 1.807) is 0 Å². The van der Waals surface area contributed by atoms with Crippen LogP contribution in [0.15, 0.2) is 0 Å². The third-order valence-electron chi connectivity index (χ3n) is 5.34. The van der Waals surface area contributed by atoms with Crippen LogP contribution >= 0.6 is 12.4 Å². The second-order valence-electron chi connectivity index (χ2n) is 7.28. The van der Waals surface area contributed by atoms with Crippen molar-refractivity contribution in [3.8, 4) is 0 Å². The number of hydrogen-bond acceptors (Lipinski definition) is 3. The first-order chi connectivity index (χ1) is 10.0. The second-order valence-corrected chi connectivity index (χ2v) is 7.28. The number of halogens is 1. The highest BCUT2D eigenvalue weighted by atomic mass is 35.5. The molecule has 126 valence electrons. The molecule has 2 atom stereocenters. The van der Waals surface area contributed by atoms with E-state index in [-0.39, 0.29) is 41.6 Å². The Morgan fingerprint density at radius 3 is 2.41 bits per heavy atom. The maximum Gasteiger partial charge on any atom is 0.225 e. The third kappa shape index (κ3) is 3.74. The minimum Gasteiger partial charge on any atom is -0.349 e. The third-order valence-corrected chi connectivity index (χ3v) is 5.34. The Balaban J connectivity index is 0.00000176. The molecular weight excluding hydrogens is 302 g/mol. The number of amides is 2. The smallest absolute Gasteiger partial charge is 0.225 e. The van der Waals surface area contributed by atoms with Gasteiger partial charge in [-0.25, -0.2) is 0 Å². The fourth-order valence-electron chi connectivity index (χ4n) is 3.40. The number of carbonyl (C=O) groups is 2. The Kier molecular flexibility index (Phi) is 5.38. The molecule has 0 aromatic heterocycles. The first kappa shape index (κ1) is 17.5. The largest absolute Gasteiger partial charge is 0.349 e. The zero-order chi connectivity index (χ0) is 15.0. The number of hydrogen-bond donors (Lipinski definition) is 2. The molecule has 3 fully saturated rings. The van der Waals surface area contributed by atoms with E-state index in [4.69, 9.17) is 5.73 Å². The Bertz CT molecular complexity index is 437. The van der Waals surface area contributed by atoms with Crippen molar-refractivity contribution < 1.29 is 9.59 Å². The van der Waals surface area contributed by atoms with Crippen molar-refractivity contribution in [2.24, 2.45) is 23.5 Å². The van der Waals surface area contributed by atoms with Crippen molar-refractivity contribution in [2.45, 2.75) is 51.0 Å². The van der Waals surface area contributed by atoms with Crippen molar-refractivity contribution in [3.63, 3.8) is 0 Å². The summed E-state index contributed by atoms with van der Waals surface area (Å²) < 4.78 is 0. The van der Waals surface area contributed by atoms with Gasteiger partial charge in [0.25, 0.3) is 0 Å². The van der Waals surface area contributed by atoms with Crippen molar-refractivity contribution in [3.05, 3.63) is 0 Å². The number of likely N-dealkylation sites (tertiary alicyclic amines) is 1. The van der Waals surface area contributed by atoms with Crippen LogP contribution in [0.4, 0.5) is 0 Å². The summed E-state index contributed by atoms with van der Waals surface area (Å²) in [4.78, 5) is 26.6. The van der Waals surface area contributed by atoms with Crippen molar-refractivity contribution >= 4 is 24.2 Å². The van der Waals surface area contributed by atoms with Gasteiger partial charge in [-0.3, -0.25) is 9.59 Å². The molecule has 5 nitrogen and oxygen atoms in total. The molecular formula is C16H28ClN3O2. The lowest BCUT2D eigenvalue weighted by molar-refractivity contribution is -0.137. The molecule has 1 heterocycles. The molecule has 1 saturated heterocycles. The van der Waals surface area contributed by atoms with Gasteiger partial charge in [-0.2, -0.15) is 0 Å². The lowest BCUT2D eigenvalue weighted by Crippen LogP contribution is -2.56. The van der Waals surface area contributed by atoms with Crippen LogP contribution in [-0.2, 0) is 9.59 Å². The predicted molar refractivity (Wildman–Crippen MR) is 87.6 cm³/mol. The Morgan fingerprint density at radius 1 is 1.18 bits per heavy atom. The maximum atomic E-state index is 12.6. The number of nitrogens with two attached hydrogens (primary N) is 1. The van der Waals surface area contributed by atoms with E-state index in [1.807, 2.05) is 4.90 Å². The highest BCUT2D eigenvalue weighted by molar-refractivity contribution is 5.85. The molecule has 3 N–H and O–H groups in total. The average Bonchev–Trinajstić information content (AvgIpc) is 3.38. The fraction of sp³-hybridized carbons (Fsp3) is 0.875. The molecule has 0 radical (unpaired) electrons. The molecule has 0 spiro atoms. The van der Waals surface area contributed by atoms with Gasteiger partial charge in [-0.05, 0) is 51.4 Å². The zero-order valence-electron chi connectivity index (χ0n) is 13.3. The van der Waals surface area contributed by atoms with E-state index >= 15 is 0 Å². The molecule has 2 aliphatic carbocycles. The summed E-state index contributed by atoms with van der Waals surface area (Å²) in [7, 11) is 0. The van der Waals surface area contributed by atoms with Crippen LogP contribution in [-0.4, -0.2) is 41.9 Å². The average molecular weight is 330 g/mol. The van der Waals surface area contributed by atoms with E-state index < -0.39 is 0 Å². The van der Waals surface area contributed by atoms with E-state index in [1.165, 1.54) is 0 Å². The summed E-state index contributed by atoms with van der Waals surface area (Å²) in [5.74, 6) is 1.05. The van der Waals surface area contributed by atoms with E-state index in [9.17, 15) is 9.59 Å². The van der Waals surface area contributed by atoms with Gasteiger partial charge in [-0.15, -0.1) is 12.4 Å². The number of nitrogens with zero attached hydrogens (tertiary/aromatic N) is 1. The second kappa shape index (κ2) is 6.75. The quantitative estimate of drug-likeness (QED) is 0.798. The Labute approximate surface area is 138 Å². The van der Waals surface area contributed by atoms with Crippen LogP contribution in [0.1, 0.15) is 45.4 Å². The summed E-state index contributed by atoms with van der Waals surface area (Å²) in [6, 6.07) is 0. The molecule has 0 aromatic rings. The van der Waals surface area contributed by atoms with Gasteiger partial charge in [0.15, 0.2) is 0 Å². The van der Waals surface area contributed by atoms with Crippen LogP contribution in [0.5, 0.6) is 0 Å². The normalized spacial score (nSPS) is 27.5. The van der Waals surface area contributed by atoms with Gasteiger partial charge in [-0.1, -0.05) is 0 Å². The lowest BCUT2D eigenvalue weighted by Gasteiger charge is -2.36. The topological polar surface area (TPSA) is 75.4 Å². The first-order valence-corrected chi connectivity index (χ1v) is 8.34. The highest BCUT2D eigenvalue weighted by Crippen LogP contribution is 2.39. The number of rotatable bonds is 5. The molecule has 2 saturated carbocycles. The molecule has 2 amide bonds. The van der Waals surface area contributed by atoms with Gasteiger partial charge in [0.2, 0.25) is 11.8 Å². The number of nitrogens with one attached hydrogen (secondary N) is 1. The molecule has 3 aliphatic rings. The van der Waals surface area contributed by atoms with Crippen molar-refractivity contribution in [1.29, 1.82) is 0 Å². The monoisotopic (exact) mass is 329 g/mol. The molecule has 1 aliphatic heterocycles. The highest BCUT2D eigenvalue weighted by Gasteiger charge is 2.43. The minimum absolute atomic E-state index is 0. The van der Waals surface area contributed by atoms with Crippen molar-refractivity contribution in [2.75, 3.05) is 19.6 Å². The summed E-state index contributed by atoms with van der Waals surface area (Å²) in [5.41, 5.74) is 5.61. The molecule has 22 heavy (non-hydrogen) atoms. The molecule has 0 aromatic carbocycles. The fourth-order valence-corrected chi connectivity index (χ4v) is 3.40. The lowest BCUT2D eigenvalue weighted by atomic mass is 9.92. The van der Waals surface area contributed by atoms with Gasteiger partial charge >= 0.3 is 0 Å². The molecule has 0 bridgehead atoms. The predicted octanol–water partition coefficient (Wildman–Crippen LogP) is 1.30. The Morgan fingerprint density at radius 2 is 1.86 bits per heavy atom. The summed E-state index contributed by atoms with van der Waals surface area (Å²) in [6.45, 7) is 3.95. The minimum atomic E-state index is -0.264. The standard InChI is InChI=1S/C16H27N3O2.ClH/c1-16(10-17,13-6-7-13)18-14(20)12-3-2-8-19(9-12)15(21)11-4-5-11;/h11-13H,2-10,17H2,1H3,(H,18,20);1H. The van der Waals surface area contributed by atoms with Gasteiger partial charge < -0.3 is 16.0 Å². The Hall–Kier alpha value is -0.810. The van der Waals surface area contributed by atoms with Gasteiger partial charge in [0, 0.05) is 25.6 Å². The number of carbonyl (C=O) groups excluding carboxylic acids is 2.